The maximum atomic E-state index is 12.7. The van der Waals surface area contributed by atoms with Crippen LogP contribution in [0.4, 0.5) is 0 Å². The van der Waals surface area contributed by atoms with Crippen LogP contribution in [0.3, 0.4) is 0 Å². The minimum atomic E-state index is -0.251. The van der Waals surface area contributed by atoms with E-state index in [2.05, 4.69) is 0 Å². The zero-order valence-electron chi connectivity index (χ0n) is 15.7. The van der Waals surface area contributed by atoms with Gasteiger partial charge in [-0.3, -0.25) is 4.79 Å². The Kier molecular flexibility index (Phi) is 5.81. The van der Waals surface area contributed by atoms with E-state index in [0.717, 1.165) is 0 Å². The first-order valence-electron chi connectivity index (χ1n) is 8.80. The molecule has 0 radical (unpaired) electrons. The number of hydrogen-bond donors (Lipinski definition) is 0. The molecule has 5 heteroatoms. The van der Waals surface area contributed by atoms with Crippen LogP contribution >= 0.6 is 0 Å². The fraction of sp³-hybridized carbons (Fsp3) is 0.227. The number of benzene rings is 2. The molecule has 1 aromatic heterocycles. The predicted molar refractivity (Wildman–Crippen MR) is 105 cm³/mol. The lowest BCUT2D eigenvalue weighted by molar-refractivity contribution is 0.319. The number of rotatable bonds is 7. The minimum Gasteiger partial charge on any atom is -0.490 e. The Hall–Kier alpha value is -3.21. The molecule has 0 amide bonds. The molecule has 1 heterocycles. The summed E-state index contributed by atoms with van der Waals surface area (Å²) in [5.41, 5.74) is 1.37. The lowest BCUT2D eigenvalue weighted by Crippen LogP contribution is -2.06. The van der Waals surface area contributed by atoms with Crippen molar-refractivity contribution in [3.05, 3.63) is 70.6 Å². The molecule has 0 aliphatic heterocycles. The average molecular weight is 366 g/mol. The summed E-state index contributed by atoms with van der Waals surface area (Å²) in [4.78, 5) is 12.7. The van der Waals surface area contributed by atoms with Crippen molar-refractivity contribution in [2.45, 2.75) is 20.8 Å². The van der Waals surface area contributed by atoms with Gasteiger partial charge in [0.2, 0.25) is 11.2 Å². The van der Waals surface area contributed by atoms with Crippen LogP contribution in [0.15, 0.2) is 69.6 Å². The Balaban J connectivity index is 1.87. The zero-order valence-corrected chi connectivity index (χ0v) is 15.7. The van der Waals surface area contributed by atoms with Gasteiger partial charge in [-0.1, -0.05) is 17.7 Å². The van der Waals surface area contributed by atoms with E-state index in [-0.39, 0.29) is 11.2 Å². The van der Waals surface area contributed by atoms with Crippen LogP contribution in [0, 0.1) is 0 Å². The molecule has 0 unspecified atom stereocenters. The second-order valence-corrected chi connectivity index (χ2v) is 6.16. The highest BCUT2D eigenvalue weighted by atomic mass is 16.5. The topological polar surface area (TPSA) is 57.9 Å². The molecule has 0 aliphatic carbocycles. The fourth-order valence-electron chi connectivity index (χ4n) is 2.48. The number of hydrogen-bond acceptors (Lipinski definition) is 5. The Morgan fingerprint density at radius 2 is 1.81 bits per heavy atom. The highest BCUT2D eigenvalue weighted by Gasteiger charge is 2.12. The summed E-state index contributed by atoms with van der Waals surface area (Å²) >= 11 is 0. The second-order valence-electron chi connectivity index (χ2n) is 6.16. The Bertz CT molecular complexity index is 1010. The van der Waals surface area contributed by atoms with Crippen LogP contribution in [0.25, 0.3) is 11.0 Å². The van der Waals surface area contributed by atoms with Crippen LogP contribution in [0.2, 0.25) is 0 Å². The Morgan fingerprint density at radius 1 is 1.04 bits per heavy atom. The highest BCUT2D eigenvalue weighted by Crippen LogP contribution is 2.31. The minimum absolute atomic E-state index is 0.105. The van der Waals surface area contributed by atoms with Crippen LogP contribution in [-0.2, 0) is 0 Å². The summed E-state index contributed by atoms with van der Waals surface area (Å²) in [6, 6.07) is 12.3. The van der Waals surface area contributed by atoms with Gasteiger partial charge in [0.25, 0.3) is 0 Å². The number of fused-ring (bicyclic) bond motifs is 1. The quantitative estimate of drug-likeness (QED) is 0.529. The normalized spacial score (nSPS) is 10.5. The number of allylic oxidation sites excluding steroid dienone is 1. The van der Waals surface area contributed by atoms with E-state index in [1.807, 2.05) is 39.0 Å². The molecule has 0 aliphatic rings. The van der Waals surface area contributed by atoms with Crippen LogP contribution in [0.5, 0.6) is 23.0 Å². The van der Waals surface area contributed by atoms with Gasteiger partial charge in [0.05, 0.1) is 12.0 Å². The van der Waals surface area contributed by atoms with Crippen LogP contribution in [-0.4, -0.2) is 13.2 Å². The number of para-hydroxylation sites is 2. The van der Waals surface area contributed by atoms with Gasteiger partial charge in [-0.25, -0.2) is 0 Å². The number of ether oxygens (including phenoxy) is 3. The van der Waals surface area contributed by atoms with Crippen molar-refractivity contribution in [3.63, 3.8) is 0 Å². The van der Waals surface area contributed by atoms with Crippen molar-refractivity contribution in [2.24, 2.45) is 0 Å². The van der Waals surface area contributed by atoms with E-state index >= 15 is 0 Å². The van der Waals surface area contributed by atoms with E-state index in [0.29, 0.717) is 41.4 Å². The molecular weight excluding hydrogens is 344 g/mol. The molecule has 0 atom stereocenters. The van der Waals surface area contributed by atoms with Gasteiger partial charge in [-0.2, -0.15) is 0 Å². The first-order valence-corrected chi connectivity index (χ1v) is 8.80. The van der Waals surface area contributed by atoms with E-state index in [4.69, 9.17) is 18.6 Å². The third kappa shape index (κ3) is 4.50. The molecule has 0 saturated carbocycles. The van der Waals surface area contributed by atoms with Gasteiger partial charge in [-0.15, -0.1) is 0 Å². The standard InChI is InChI=1S/C22H22O5/c1-4-24-18-7-5-6-8-19(18)27-21-14-26-20-13-16(25-12-11-15(2)3)9-10-17(20)22(21)23/h5-11,13-14H,4,12H2,1-3H3. The molecule has 5 nitrogen and oxygen atoms in total. The second kappa shape index (κ2) is 8.45. The molecule has 3 rings (SSSR count). The lowest BCUT2D eigenvalue weighted by atomic mass is 10.2. The lowest BCUT2D eigenvalue weighted by Gasteiger charge is -2.11. The molecule has 0 saturated heterocycles. The van der Waals surface area contributed by atoms with Crippen molar-refractivity contribution < 1.29 is 18.6 Å². The summed E-state index contributed by atoms with van der Waals surface area (Å²) in [5.74, 6) is 1.78. The maximum Gasteiger partial charge on any atom is 0.235 e. The van der Waals surface area contributed by atoms with Crippen molar-refractivity contribution >= 4 is 11.0 Å². The van der Waals surface area contributed by atoms with Gasteiger partial charge in [-0.05, 0) is 51.1 Å². The highest BCUT2D eigenvalue weighted by molar-refractivity contribution is 5.79. The van der Waals surface area contributed by atoms with E-state index in [1.165, 1.54) is 11.8 Å². The van der Waals surface area contributed by atoms with Gasteiger partial charge in [0.1, 0.15) is 24.2 Å². The molecule has 0 N–H and O–H groups in total. The summed E-state index contributed by atoms with van der Waals surface area (Å²) in [7, 11) is 0. The SMILES string of the molecule is CCOc1ccccc1Oc1coc2cc(OCC=C(C)C)ccc2c1=O. The molecule has 2 aromatic carbocycles. The fourth-order valence-corrected chi connectivity index (χ4v) is 2.48. The third-order valence-electron chi connectivity index (χ3n) is 3.82. The maximum absolute atomic E-state index is 12.7. The molecule has 0 spiro atoms. The van der Waals surface area contributed by atoms with E-state index < -0.39 is 0 Å². The van der Waals surface area contributed by atoms with Gasteiger partial charge < -0.3 is 18.6 Å². The first-order chi connectivity index (χ1) is 13.1. The summed E-state index contributed by atoms with van der Waals surface area (Å²) in [6.45, 7) is 6.87. The summed E-state index contributed by atoms with van der Waals surface area (Å²) < 4.78 is 22.5. The molecule has 140 valence electrons. The van der Waals surface area contributed by atoms with Gasteiger partial charge >= 0.3 is 0 Å². The molecule has 0 bridgehead atoms. The van der Waals surface area contributed by atoms with Crippen LogP contribution < -0.4 is 19.6 Å². The molecule has 3 aromatic rings. The predicted octanol–water partition coefficient (Wildman–Crippen LogP) is 5.33. The molecule has 27 heavy (non-hydrogen) atoms. The smallest absolute Gasteiger partial charge is 0.235 e. The van der Waals surface area contributed by atoms with Gasteiger partial charge in [0, 0.05) is 6.07 Å². The average Bonchev–Trinajstić information content (AvgIpc) is 2.65. The van der Waals surface area contributed by atoms with Gasteiger partial charge in [0.15, 0.2) is 11.5 Å². The monoisotopic (exact) mass is 366 g/mol. The van der Waals surface area contributed by atoms with Crippen molar-refractivity contribution in [2.75, 3.05) is 13.2 Å². The van der Waals surface area contributed by atoms with E-state index in [1.54, 1.807) is 30.3 Å². The third-order valence-corrected chi connectivity index (χ3v) is 3.82. The van der Waals surface area contributed by atoms with Crippen LogP contribution in [0.1, 0.15) is 20.8 Å². The van der Waals surface area contributed by atoms with E-state index in [9.17, 15) is 4.79 Å². The zero-order chi connectivity index (χ0) is 19.2. The largest absolute Gasteiger partial charge is 0.490 e. The Labute approximate surface area is 157 Å². The van der Waals surface area contributed by atoms with Crippen molar-refractivity contribution in [3.8, 4) is 23.0 Å². The molecular formula is C22H22O5. The van der Waals surface area contributed by atoms with Crippen molar-refractivity contribution in [1.29, 1.82) is 0 Å². The summed E-state index contributed by atoms with van der Waals surface area (Å²) in [5, 5.41) is 0.427. The summed E-state index contributed by atoms with van der Waals surface area (Å²) in [6.07, 6.45) is 3.29. The first kappa shape index (κ1) is 18.6. The molecule has 0 fully saturated rings. The van der Waals surface area contributed by atoms with Crippen molar-refractivity contribution in [1.82, 2.24) is 0 Å². The Morgan fingerprint density at radius 3 is 2.56 bits per heavy atom.